The van der Waals surface area contributed by atoms with Gasteiger partial charge in [-0.3, -0.25) is 9.88 Å². The molecule has 1 aliphatic heterocycles. The number of esters is 1. The van der Waals surface area contributed by atoms with Gasteiger partial charge in [-0.05, 0) is 36.8 Å². The molecule has 2 aromatic rings. The Hall–Kier alpha value is -2.93. The van der Waals surface area contributed by atoms with Crippen molar-refractivity contribution in [3.8, 4) is 0 Å². The molecule has 1 fully saturated rings. The number of piperazine rings is 1. The number of anilines is 1. The number of amides is 2. The van der Waals surface area contributed by atoms with Crippen molar-refractivity contribution in [2.45, 2.75) is 13.5 Å². The van der Waals surface area contributed by atoms with Crippen LogP contribution in [0.5, 0.6) is 0 Å². The topological polar surface area (TPSA) is 74.8 Å². The van der Waals surface area contributed by atoms with Gasteiger partial charge in [-0.25, -0.2) is 9.59 Å². The quantitative estimate of drug-likeness (QED) is 0.821. The van der Waals surface area contributed by atoms with Crippen molar-refractivity contribution < 1.29 is 14.3 Å². The van der Waals surface area contributed by atoms with E-state index in [2.05, 4.69) is 15.2 Å². The lowest BCUT2D eigenvalue weighted by molar-refractivity contribution is 0.0527. The summed E-state index contributed by atoms with van der Waals surface area (Å²) in [5.74, 6) is -0.435. The minimum absolute atomic E-state index is 0.199. The van der Waals surface area contributed by atoms with E-state index in [0.717, 1.165) is 19.6 Å². The van der Waals surface area contributed by atoms with Gasteiger partial charge in [-0.15, -0.1) is 0 Å². The van der Waals surface area contributed by atoms with E-state index >= 15 is 0 Å². The van der Waals surface area contributed by atoms with Gasteiger partial charge in [-0.2, -0.15) is 0 Å². The Bertz CT molecular complexity index is 774. The summed E-state index contributed by atoms with van der Waals surface area (Å²) < 4.78 is 5.05. The summed E-state index contributed by atoms with van der Waals surface area (Å²) in [6, 6.07) is 10.7. The lowest BCUT2D eigenvalue weighted by atomic mass is 10.2. The molecule has 142 valence electrons. The van der Waals surface area contributed by atoms with Crippen molar-refractivity contribution in [3.05, 3.63) is 59.9 Å². The Kier molecular flexibility index (Phi) is 6.38. The smallest absolute Gasteiger partial charge is 0.340 e. The summed E-state index contributed by atoms with van der Waals surface area (Å²) in [7, 11) is 0. The number of para-hydroxylation sites is 1. The van der Waals surface area contributed by atoms with Crippen LogP contribution in [0.2, 0.25) is 0 Å². The number of carbonyl (C=O) groups is 2. The van der Waals surface area contributed by atoms with E-state index in [-0.39, 0.29) is 6.03 Å². The molecule has 27 heavy (non-hydrogen) atoms. The molecule has 2 amide bonds. The molecule has 0 unspecified atom stereocenters. The minimum Gasteiger partial charge on any atom is -0.462 e. The van der Waals surface area contributed by atoms with Gasteiger partial charge in [0.1, 0.15) is 0 Å². The number of carbonyl (C=O) groups excluding carboxylic acids is 2. The molecule has 3 rings (SSSR count). The molecule has 0 atom stereocenters. The van der Waals surface area contributed by atoms with Gasteiger partial charge in [0.15, 0.2) is 0 Å². The second-order valence-electron chi connectivity index (χ2n) is 6.31. The van der Waals surface area contributed by atoms with Crippen LogP contribution in [0, 0.1) is 0 Å². The highest BCUT2D eigenvalue weighted by molar-refractivity contribution is 6.00. The second-order valence-corrected chi connectivity index (χ2v) is 6.31. The van der Waals surface area contributed by atoms with Crippen molar-refractivity contribution in [2.24, 2.45) is 0 Å². The minimum atomic E-state index is -0.435. The molecule has 1 aromatic carbocycles. The number of hydrogen-bond donors (Lipinski definition) is 1. The predicted octanol–water partition coefficient (Wildman–Crippen LogP) is 2.61. The average molecular weight is 368 g/mol. The highest BCUT2D eigenvalue weighted by atomic mass is 16.5. The third-order valence-electron chi connectivity index (χ3n) is 4.48. The zero-order valence-corrected chi connectivity index (χ0v) is 15.4. The van der Waals surface area contributed by atoms with Crippen LogP contribution >= 0.6 is 0 Å². The maximum atomic E-state index is 12.6. The first kappa shape index (κ1) is 18.8. The number of nitrogens with zero attached hydrogens (tertiary/aromatic N) is 3. The van der Waals surface area contributed by atoms with Gasteiger partial charge < -0.3 is 15.0 Å². The van der Waals surface area contributed by atoms with Gasteiger partial charge in [0.05, 0.1) is 17.9 Å². The fourth-order valence-electron chi connectivity index (χ4n) is 3.03. The lowest BCUT2D eigenvalue weighted by Gasteiger charge is -2.34. The van der Waals surface area contributed by atoms with Crippen molar-refractivity contribution in [2.75, 3.05) is 38.1 Å². The van der Waals surface area contributed by atoms with E-state index in [1.807, 2.05) is 12.1 Å². The van der Waals surface area contributed by atoms with Crippen molar-refractivity contribution in [1.82, 2.24) is 14.8 Å². The molecule has 1 aromatic heterocycles. The Morgan fingerprint density at radius 3 is 2.48 bits per heavy atom. The van der Waals surface area contributed by atoms with E-state index in [0.29, 0.717) is 30.9 Å². The third-order valence-corrected chi connectivity index (χ3v) is 4.48. The average Bonchev–Trinajstić information content (AvgIpc) is 2.70. The molecule has 2 heterocycles. The van der Waals surface area contributed by atoms with Crippen LogP contribution in [0.4, 0.5) is 10.5 Å². The predicted molar refractivity (Wildman–Crippen MR) is 103 cm³/mol. The number of hydrogen-bond acceptors (Lipinski definition) is 5. The van der Waals surface area contributed by atoms with Crippen LogP contribution < -0.4 is 5.32 Å². The number of pyridine rings is 1. The fourth-order valence-corrected chi connectivity index (χ4v) is 3.03. The molecular weight excluding hydrogens is 344 g/mol. The van der Waals surface area contributed by atoms with Gasteiger partial charge >= 0.3 is 12.0 Å². The SMILES string of the molecule is CCOC(=O)c1ccccc1NC(=O)N1CCN(Cc2ccncc2)CC1. The molecule has 0 aliphatic carbocycles. The molecule has 1 aliphatic rings. The Morgan fingerprint density at radius 1 is 1.07 bits per heavy atom. The van der Waals surface area contributed by atoms with Crippen molar-refractivity contribution >= 4 is 17.7 Å². The molecular formula is C20H24N4O3. The number of aromatic nitrogens is 1. The highest BCUT2D eigenvalue weighted by Crippen LogP contribution is 2.17. The fraction of sp³-hybridized carbons (Fsp3) is 0.350. The first-order chi connectivity index (χ1) is 13.2. The van der Waals surface area contributed by atoms with E-state index in [1.165, 1.54) is 5.56 Å². The molecule has 0 radical (unpaired) electrons. The van der Waals surface area contributed by atoms with Gasteiger partial charge in [0.25, 0.3) is 0 Å². The Balaban J connectivity index is 1.55. The van der Waals surface area contributed by atoms with Gasteiger partial charge in [0.2, 0.25) is 0 Å². The van der Waals surface area contributed by atoms with E-state index in [4.69, 9.17) is 4.74 Å². The Morgan fingerprint density at radius 2 is 1.78 bits per heavy atom. The first-order valence-corrected chi connectivity index (χ1v) is 9.10. The van der Waals surface area contributed by atoms with E-state index in [1.54, 1.807) is 48.5 Å². The zero-order chi connectivity index (χ0) is 19.1. The molecule has 0 bridgehead atoms. The molecule has 0 spiro atoms. The van der Waals surface area contributed by atoms with Crippen LogP contribution in [-0.2, 0) is 11.3 Å². The summed E-state index contributed by atoms with van der Waals surface area (Å²) in [5, 5.41) is 2.84. The summed E-state index contributed by atoms with van der Waals surface area (Å²) in [5.41, 5.74) is 2.05. The highest BCUT2D eigenvalue weighted by Gasteiger charge is 2.22. The maximum Gasteiger partial charge on any atom is 0.340 e. The molecule has 7 nitrogen and oxygen atoms in total. The molecule has 1 N–H and O–H groups in total. The summed E-state index contributed by atoms with van der Waals surface area (Å²) in [4.78, 5) is 32.8. The van der Waals surface area contributed by atoms with E-state index < -0.39 is 5.97 Å². The van der Waals surface area contributed by atoms with E-state index in [9.17, 15) is 9.59 Å². The maximum absolute atomic E-state index is 12.6. The number of rotatable bonds is 5. The second kappa shape index (κ2) is 9.14. The zero-order valence-electron chi connectivity index (χ0n) is 15.4. The summed E-state index contributed by atoms with van der Waals surface area (Å²) in [6.07, 6.45) is 3.58. The number of benzene rings is 1. The summed E-state index contributed by atoms with van der Waals surface area (Å²) >= 11 is 0. The van der Waals surface area contributed by atoms with Crippen molar-refractivity contribution in [1.29, 1.82) is 0 Å². The molecule has 0 saturated carbocycles. The first-order valence-electron chi connectivity index (χ1n) is 9.10. The standard InChI is InChI=1S/C20H24N4O3/c1-2-27-19(25)17-5-3-4-6-18(17)22-20(26)24-13-11-23(12-14-24)15-16-7-9-21-10-8-16/h3-10H,2,11-15H2,1H3,(H,22,26). The van der Waals surface area contributed by atoms with Crippen LogP contribution in [0.25, 0.3) is 0 Å². The van der Waals surface area contributed by atoms with Gasteiger partial charge in [0, 0.05) is 45.1 Å². The number of nitrogens with one attached hydrogen (secondary N) is 1. The monoisotopic (exact) mass is 368 g/mol. The lowest BCUT2D eigenvalue weighted by Crippen LogP contribution is -2.49. The van der Waals surface area contributed by atoms with Crippen LogP contribution in [-0.4, -0.2) is 59.6 Å². The van der Waals surface area contributed by atoms with Crippen LogP contribution in [0.1, 0.15) is 22.8 Å². The van der Waals surface area contributed by atoms with Gasteiger partial charge in [-0.1, -0.05) is 12.1 Å². The Labute approximate surface area is 158 Å². The summed E-state index contributed by atoms with van der Waals surface area (Å²) in [6.45, 7) is 5.77. The third kappa shape index (κ3) is 5.04. The largest absolute Gasteiger partial charge is 0.462 e. The number of urea groups is 1. The van der Waals surface area contributed by atoms with Crippen molar-refractivity contribution in [3.63, 3.8) is 0 Å². The van der Waals surface area contributed by atoms with Crippen LogP contribution in [0.15, 0.2) is 48.8 Å². The normalized spacial score (nSPS) is 14.6. The molecule has 1 saturated heterocycles. The molecule has 7 heteroatoms. The number of ether oxygens (including phenoxy) is 1. The van der Waals surface area contributed by atoms with Crippen LogP contribution in [0.3, 0.4) is 0 Å².